The van der Waals surface area contributed by atoms with Crippen LogP contribution in [0.3, 0.4) is 0 Å². The molecule has 1 fully saturated rings. The lowest BCUT2D eigenvalue weighted by atomic mass is 10.2. The monoisotopic (exact) mass is 304 g/mol. The van der Waals surface area contributed by atoms with Crippen LogP contribution in [0.1, 0.15) is 23.2 Å². The molecule has 0 aromatic heterocycles. The van der Waals surface area contributed by atoms with Gasteiger partial charge in [0.05, 0.1) is 16.3 Å². The number of nitrogens with one attached hydrogen (secondary N) is 1. The summed E-state index contributed by atoms with van der Waals surface area (Å²) in [6.45, 7) is 0.993. The maximum absolute atomic E-state index is 12.0. The van der Waals surface area contributed by atoms with Gasteiger partial charge in [-0.25, -0.2) is 4.79 Å². The fraction of sp³-hybridized carbons (Fsp3) is 0.364. The van der Waals surface area contributed by atoms with E-state index in [9.17, 15) is 13.2 Å². The molecule has 1 heterocycles. The zero-order valence-corrected chi connectivity index (χ0v) is 11.5. The molecule has 1 saturated heterocycles. The lowest BCUT2D eigenvalue weighted by molar-refractivity contribution is 0.0697. The number of nitrogens with zero attached hydrogens (tertiary/aromatic N) is 1. The second-order valence-electron chi connectivity index (χ2n) is 4.21. The minimum absolute atomic E-state index is 0.00544. The van der Waals surface area contributed by atoms with Crippen LogP contribution in [0.15, 0.2) is 18.2 Å². The Morgan fingerprint density at radius 2 is 1.95 bits per heavy atom. The molecule has 0 amide bonds. The number of aromatic carboxylic acids is 1. The van der Waals surface area contributed by atoms with E-state index in [-0.39, 0.29) is 16.3 Å². The van der Waals surface area contributed by atoms with Gasteiger partial charge in [0, 0.05) is 13.1 Å². The standard InChI is InChI=1S/C11H13ClN2O4S/c12-10-7-8(3-4-9(10)11(15)16)13-19(17,18)14-5-1-2-6-14/h3-4,7,13H,1-2,5-6H2,(H,15,16). The molecule has 0 spiro atoms. The number of carboxylic acid groups (broad SMARTS) is 1. The number of anilines is 1. The average Bonchev–Trinajstić information content (AvgIpc) is 2.81. The number of hydrogen-bond acceptors (Lipinski definition) is 3. The quantitative estimate of drug-likeness (QED) is 0.888. The Hall–Kier alpha value is -1.31. The second kappa shape index (κ2) is 5.36. The van der Waals surface area contributed by atoms with Crippen molar-refractivity contribution < 1.29 is 18.3 Å². The van der Waals surface area contributed by atoms with Gasteiger partial charge >= 0.3 is 16.2 Å². The number of halogens is 1. The van der Waals surface area contributed by atoms with Gasteiger partial charge in [0.15, 0.2) is 0 Å². The minimum atomic E-state index is -3.59. The van der Waals surface area contributed by atoms with Gasteiger partial charge in [-0.2, -0.15) is 12.7 Å². The van der Waals surface area contributed by atoms with Crippen LogP contribution < -0.4 is 4.72 Å². The predicted molar refractivity (Wildman–Crippen MR) is 71.8 cm³/mol. The number of carbonyl (C=O) groups is 1. The Kier molecular flexibility index (Phi) is 3.98. The highest BCUT2D eigenvalue weighted by Gasteiger charge is 2.25. The summed E-state index contributed by atoms with van der Waals surface area (Å²) in [5.41, 5.74) is 0.188. The Labute approximate surface area is 116 Å². The van der Waals surface area contributed by atoms with Crippen LogP contribution in [0.4, 0.5) is 5.69 Å². The molecule has 0 aliphatic carbocycles. The van der Waals surface area contributed by atoms with Crippen LogP contribution in [0.25, 0.3) is 0 Å². The van der Waals surface area contributed by atoms with Gasteiger partial charge in [-0.05, 0) is 31.0 Å². The molecule has 8 heteroatoms. The Bertz CT molecular complexity index is 597. The molecule has 0 unspecified atom stereocenters. The third-order valence-corrected chi connectivity index (χ3v) is 4.70. The lowest BCUT2D eigenvalue weighted by Gasteiger charge is -2.17. The third kappa shape index (κ3) is 3.17. The van der Waals surface area contributed by atoms with Crippen molar-refractivity contribution in [1.29, 1.82) is 0 Å². The summed E-state index contributed by atoms with van der Waals surface area (Å²) in [4.78, 5) is 10.8. The molecule has 0 bridgehead atoms. The Morgan fingerprint density at radius 1 is 1.32 bits per heavy atom. The molecule has 1 aromatic rings. The van der Waals surface area contributed by atoms with Crippen molar-refractivity contribution >= 4 is 33.5 Å². The Morgan fingerprint density at radius 3 is 2.47 bits per heavy atom. The lowest BCUT2D eigenvalue weighted by Crippen LogP contribution is -2.33. The van der Waals surface area contributed by atoms with E-state index in [1.54, 1.807) is 0 Å². The highest BCUT2D eigenvalue weighted by Crippen LogP contribution is 2.23. The van der Waals surface area contributed by atoms with E-state index in [1.165, 1.54) is 22.5 Å². The molecule has 2 N–H and O–H groups in total. The molecular weight excluding hydrogens is 292 g/mol. The van der Waals surface area contributed by atoms with E-state index in [1.807, 2.05) is 0 Å². The summed E-state index contributed by atoms with van der Waals surface area (Å²) in [7, 11) is -3.59. The fourth-order valence-corrected chi connectivity index (χ4v) is 3.45. The smallest absolute Gasteiger partial charge is 0.337 e. The average molecular weight is 305 g/mol. The first-order valence-corrected chi connectivity index (χ1v) is 7.53. The third-order valence-electron chi connectivity index (χ3n) is 2.85. The molecule has 1 aliphatic heterocycles. The van der Waals surface area contributed by atoms with Gasteiger partial charge in [0.1, 0.15) is 0 Å². The van der Waals surface area contributed by atoms with Crippen molar-refractivity contribution in [1.82, 2.24) is 4.31 Å². The van der Waals surface area contributed by atoms with E-state index >= 15 is 0 Å². The fourth-order valence-electron chi connectivity index (χ4n) is 1.89. The highest BCUT2D eigenvalue weighted by molar-refractivity contribution is 7.90. The molecule has 19 heavy (non-hydrogen) atoms. The van der Waals surface area contributed by atoms with Crippen LogP contribution in [0, 0.1) is 0 Å². The topological polar surface area (TPSA) is 86.7 Å². The van der Waals surface area contributed by atoms with Crippen LogP contribution in [0.5, 0.6) is 0 Å². The van der Waals surface area contributed by atoms with Gasteiger partial charge < -0.3 is 5.11 Å². The van der Waals surface area contributed by atoms with Crippen molar-refractivity contribution in [3.63, 3.8) is 0 Å². The normalized spacial score (nSPS) is 16.5. The van der Waals surface area contributed by atoms with Crippen LogP contribution in [-0.4, -0.2) is 36.9 Å². The van der Waals surface area contributed by atoms with E-state index in [2.05, 4.69) is 4.72 Å². The maximum Gasteiger partial charge on any atom is 0.337 e. The zero-order chi connectivity index (χ0) is 14.0. The van der Waals surface area contributed by atoms with Crippen LogP contribution in [0.2, 0.25) is 5.02 Å². The summed E-state index contributed by atoms with van der Waals surface area (Å²) < 4.78 is 27.7. The largest absolute Gasteiger partial charge is 0.478 e. The van der Waals surface area contributed by atoms with Crippen molar-refractivity contribution in [3.8, 4) is 0 Å². The first-order valence-electron chi connectivity index (χ1n) is 5.71. The van der Waals surface area contributed by atoms with E-state index < -0.39 is 16.2 Å². The van der Waals surface area contributed by atoms with Crippen molar-refractivity contribution in [2.45, 2.75) is 12.8 Å². The maximum atomic E-state index is 12.0. The predicted octanol–water partition coefficient (Wildman–Crippen LogP) is 1.79. The zero-order valence-electron chi connectivity index (χ0n) is 9.97. The number of benzene rings is 1. The number of rotatable bonds is 4. The SMILES string of the molecule is O=C(O)c1ccc(NS(=O)(=O)N2CCCC2)cc1Cl. The molecule has 1 aromatic carbocycles. The van der Waals surface area contributed by atoms with Crippen molar-refractivity contribution in [3.05, 3.63) is 28.8 Å². The van der Waals surface area contributed by atoms with Crippen LogP contribution in [-0.2, 0) is 10.2 Å². The molecule has 0 radical (unpaired) electrons. The molecule has 1 aliphatic rings. The van der Waals surface area contributed by atoms with Crippen LogP contribution >= 0.6 is 11.6 Å². The van der Waals surface area contributed by atoms with Gasteiger partial charge in [-0.3, -0.25) is 4.72 Å². The van der Waals surface area contributed by atoms with Gasteiger partial charge in [0.25, 0.3) is 0 Å². The van der Waals surface area contributed by atoms with Gasteiger partial charge in [0.2, 0.25) is 0 Å². The molecular formula is C11H13ClN2O4S. The number of hydrogen-bond donors (Lipinski definition) is 2. The molecule has 0 atom stereocenters. The van der Waals surface area contributed by atoms with Gasteiger partial charge in [-0.15, -0.1) is 0 Å². The van der Waals surface area contributed by atoms with Gasteiger partial charge in [-0.1, -0.05) is 11.6 Å². The summed E-state index contributed by atoms with van der Waals surface area (Å²) >= 11 is 5.78. The number of carboxylic acids is 1. The minimum Gasteiger partial charge on any atom is -0.478 e. The van der Waals surface area contributed by atoms with E-state index in [0.29, 0.717) is 13.1 Å². The highest BCUT2D eigenvalue weighted by atomic mass is 35.5. The molecule has 6 nitrogen and oxygen atoms in total. The summed E-state index contributed by atoms with van der Waals surface area (Å²) in [5.74, 6) is -1.15. The Balaban J connectivity index is 2.19. The second-order valence-corrected chi connectivity index (χ2v) is 6.29. The molecule has 2 rings (SSSR count). The molecule has 104 valence electrons. The van der Waals surface area contributed by atoms with E-state index in [4.69, 9.17) is 16.7 Å². The first kappa shape index (κ1) is 14.1. The van der Waals surface area contributed by atoms with Crippen molar-refractivity contribution in [2.75, 3.05) is 17.8 Å². The summed E-state index contributed by atoms with van der Waals surface area (Å²) in [5, 5.41) is 8.82. The summed E-state index contributed by atoms with van der Waals surface area (Å²) in [6.07, 6.45) is 1.69. The van der Waals surface area contributed by atoms with Crippen molar-refractivity contribution in [2.24, 2.45) is 0 Å². The van der Waals surface area contributed by atoms with E-state index in [0.717, 1.165) is 12.8 Å². The summed E-state index contributed by atoms with van der Waals surface area (Å²) in [6, 6.07) is 3.94. The molecule has 0 saturated carbocycles. The first-order chi connectivity index (χ1) is 8.90.